The maximum Gasteiger partial charge on any atom is 0.287 e. The fourth-order valence-corrected chi connectivity index (χ4v) is 2.93. The van der Waals surface area contributed by atoms with E-state index in [0.717, 1.165) is 37.6 Å². The molecule has 1 N–H and O–H groups in total. The van der Waals surface area contributed by atoms with Gasteiger partial charge in [0.05, 0.1) is 0 Å². The maximum absolute atomic E-state index is 12.1. The summed E-state index contributed by atoms with van der Waals surface area (Å²) in [6.07, 6.45) is 4.63. The van der Waals surface area contributed by atoms with E-state index in [1.165, 1.54) is 0 Å². The standard InChI is InChI=1S/C18H22N2O3/c21-17-9-2-1-5-11-20(17)12-6-10-19-18(22)16-13-14-7-3-4-8-15(14)23-16/h3-4,7-8,13H,1-2,5-6,9-12H2,(H,19,22). The second-order valence-electron chi connectivity index (χ2n) is 5.95. The summed E-state index contributed by atoms with van der Waals surface area (Å²) in [5, 5.41) is 3.78. The highest BCUT2D eigenvalue weighted by Crippen LogP contribution is 2.18. The summed E-state index contributed by atoms with van der Waals surface area (Å²) in [6.45, 7) is 2.09. The normalized spacial score (nSPS) is 15.7. The van der Waals surface area contributed by atoms with Gasteiger partial charge < -0.3 is 14.6 Å². The molecule has 1 aliphatic heterocycles. The summed E-state index contributed by atoms with van der Waals surface area (Å²) in [5.41, 5.74) is 0.716. The molecule has 0 atom stereocenters. The highest BCUT2D eigenvalue weighted by atomic mass is 16.3. The van der Waals surface area contributed by atoms with Crippen LogP contribution in [0.25, 0.3) is 11.0 Å². The molecule has 0 radical (unpaired) electrons. The zero-order chi connectivity index (χ0) is 16.1. The smallest absolute Gasteiger partial charge is 0.287 e. The molecule has 0 bridgehead atoms. The molecule has 1 aromatic carbocycles. The van der Waals surface area contributed by atoms with Crippen LogP contribution in [0.5, 0.6) is 0 Å². The van der Waals surface area contributed by atoms with E-state index in [0.29, 0.717) is 30.9 Å². The van der Waals surface area contributed by atoms with Gasteiger partial charge in [0.25, 0.3) is 5.91 Å². The van der Waals surface area contributed by atoms with Crippen molar-refractivity contribution in [2.24, 2.45) is 0 Å². The average molecular weight is 314 g/mol. The van der Waals surface area contributed by atoms with Crippen LogP contribution in [0.2, 0.25) is 0 Å². The SMILES string of the molecule is O=C(NCCCN1CCCCCC1=O)c1cc2ccccc2o1. The van der Waals surface area contributed by atoms with Crippen LogP contribution in [0.1, 0.15) is 42.7 Å². The van der Waals surface area contributed by atoms with Crippen molar-refractivity contribution >= 4 is 22.8 Å². The lowest BCUT2D eigenvalue weighted by Gasteiger charge is -2.20. The molecule has 0 aliphatic carbocycles. The van der Waals surface area contributed by atoms with Gasteiger partial charge in [0, 0.05) is 31.4 Å². The van der Waals surface area contributed by atoms with E-state index in [1.807, 2.05) is 29.2 Å². The minimum atomic E-state index is -0.205. The van der Waals surface area contributed by atoms with Gasteiger partial charge in [0.15, 0.2) is 5.76 Å². The van der Waals surface area contributed by atoms with Crippen molar-refractivity contribution in [1.82, 2.24) is 10.2 Å². The van der Waals surface area contributed by atoms with Crippen molar-refractivity contribution in [3.63, 3.8) is 0 Å². The van der Waals surface area contributed by atoms with E-state index in [9.17, 15) is 9.59 Å². The van der Waals surface area contributed by atoms with Crippen LogP contribution in [-0.2, 0) is 4.79 Å². The largest absolute Gasteiger partial charge is 0.451 e. The Balaban J connectivity index is 1.46. The van der Waals surface area contributed by atoms with Crippen molar-refractivity contribution in [2.75, 3.05) is 19.6 Å². The average Bonchev–Trinajstić information content (AvgIpc) is 2.89. The molecule has 2 amide bonds. The number of amides is 2. The quantitative estimate of drug-likeness (QED) is 0.863. The third-order valence-electron chi connectivity index (χ3n) is 4.21. The monoisotopic (exact) mass is 314 g/mol. The predicted molar refractivity (Wildman–Crippen MR) is 88.2 cm³/mol. The van der Waals surface area contributed by atoms with E-state index in [2.05, 4.69) is 5.32 Å². The molecule has 23 heavy (non-hydrogen) atoms. The van der Waals surface area contributed by atoms with E-state index in [1.54, 1.807) is 6.07 Å². The summed E-state index contributed by atoms with van der Waals surface area (Å²) in [7, 11) is 0. The van der Waals surface area contributed by atoms with Crippen molar-refractivity contribution in [2.45, 2.75) is 32.1 Å². The fourth-order valence-electron chi connectivity index (χ4n) is 2.93. The number of likely N-dealkylation sites (tertiary alicyclic amines) is 1. The number of fused-ring (bicyclic) bond motifs is 1. The van der Waals surface area contributed by atoms with E-state index in [-0.39, 0.29) is 11.8 Å². The summed E-state index contributed by atoms with van der Waals surface area (Å²) < 4.78 is 5.53. The lowest BCUT2D eigenvalue weighted by Crippen LogP contribution is -2.33. The molecule has 0 saturated carbocycles. The highest BCUT2D eigenvalue weighted by molar-refractivity contribution is 5.96. The number of nitrogens with one attached hydrogen (secondary N) is 1. The minimum absolute atomic E-state index is 0.205. The Bertz CT molecular complexity index is 659. The Morgan fingerprint density at radius 1 is 1.22 bits per heavy atom. The number of furan rings is 1. The van der Waals surface area contributed by atoms with E-state index >= 15 is 0 Å². The molecule has 5 heteroatoms. The molecular weight excluding hydrogens is 292 g/mol. The van der Waals surface area contributed by atoms with Crippen LogP contribution in [0.4, 0.5) is 0 Å². The highest BCUT2D eigenvalue weighted by Gasteiger charge is 2.16. The number of nitrogens with zero attached hydrogens (tertiary/aromatic N) is 1. The van der Waals surface area contributed by atoms with Crippen LogP contribution in [0.3, 0.4) is 0 Å². The maximum atomic E-state index is 12.1. The van der Waals surface area contributed by atoms with E-state index in [4.69, 9.17) is 4.42 Å². The second-order valence-corrected chi connectivity index (χ2v) is 5.95. The van der Waals surface area contributed by atoms with Crippen LogP contribution in [-0.4, -0.2) is 36.3 Å². The van der Waals surface area contributed by atoms with Gasteiger partial charge >= 0.3 is 0 Å². The Morgan fingerprint density at radius 2 is 2.09 bits per heavy atom. The molecule has 1 aliphatic rings. The molecule has 0 unspecified atom stereocenters. The van der Waals surface area contributed by atoms with Gasteiger partial charge in [-0.15, -0.1) is 0 Å². The van der Waals surface area contributed by atoms with Crippen molar-refractivity contribution in [3.8, 4) is 0 Å². The first-order valence-electron chi connectivity index (χ1n) is 8.28. The van der Waals surface area contributed by atoms with Crippen LogP contribution >= 0.6 is 0 Å². The fraction of sp³-hybridized carbons (Fsp3) is 0.444. The summed E-state index contributed by atoms with van der Waals surface area (Å²) in [4.78, 5) is 25.9. The van der Waals surface area contributed by atoms with Crippen molar-refractivity contribution < 1.29 is 14.0 Å². The van der Waals surface area contributed by atoms with Crippen LogP contribution in [0, 0.1) is 0 Å². The number of carbonyl (C=O) groups excluding carboxylic acids is 2. The topological polar surface area (TPSA) is 62.6 Å². The first kappa shape index (κ1) is 15.6. The van der Waals surface area contributed by atoms with Gasteiger partial charge in [-0.2, -0.15) is 0 Å². The molecule has 5 nitrogen and oxygen atoms in total. The number of carbonyl (C=O) groups is 2. The van der Waals surface area contributed by atoms with Gasteiger partial charge in [-0.05, 0) is 31.4 Å². The first-order chi connectivity index (χ1) is 11.2. The molecule has 122 valence electrons. The minimum Gasteiger partial charge on any atom is -0.451 e. The number of para-hydroxylation sites is 1. The van der Waals surface area contributed by atoms with Gasteiger partial charge in [-0.25, -0.2) is 0 Å². The lowest BCUT2D eigenvalue weighted by molar-refractivity contribution is -0.130. The molecule has 1 fully saturated rings. The van der Waals surface area contributed by atoms with Crippen LogP contribution < -0.4 is 5.32 Å². The van der Waals surface area contributed by atoms with Crippen LogP contribution in [0.15, 0.2) is 34.7 Å². The van der Waals surface area contributed by atoms with Gasteiger partial charge in [-0.1, -0.05) is 24.6 Å². The summed E-state index contributed by atoms with van der Waals surface area (Å²) in [5.74, 6) is 0.367. The van der Waals surface area contributed by atoms with E-state index < -0.39 is 0 Å². The third-order valence-corrected chi connectivity index (χ3v) is 4.21. The zero-order valence-corrected chi connectivity index (χ0v) is 13.2. The molecule has 1 saturated heterocycles. The molecule has 2 heterocycles. The lowest BCUT2D eigenvalue weighted by atomic mass is 10.2. The van der Waals surface area contributed by atoms with Gasteiger partial charge in [-0.3, -0.25) is 9.59 Å². The number of hydrogen-bond donors (Lipinski definition) is 1. The third kappa shape index (κ3) is 3.92. The first-order valence-corrected chi connectivity index (χ1v) is 8.28. The summed E-state index contributed by atoms with van der Waals surface area (Å²) >= 11 is 0. The van der Waals surface area contributed by atoms with Crippen molar-refractivity contribution in [1.29, 1.82) is 0 Å². The predicted octanol–water partition coefficient (Wildman–Crippen LogP) is 2.96. The Morgan fingerprint density at radius 3 is 2.96 bits per heavy atom. The Kier molecular flexibility index (Phi) is 4.95. The zero-order valence-electron chi connectivity index (χ0n) is 13.2. The van der Waals surface area contributed by atoms with Gasteiger partial charge in [0.2, 0.25) is 5.91 Å². The summed E-state index contributed by atoms with van der Waals surface area (Å²) in [6, 6.07) is 9.31. The number of hydrogen-bond acceptors (Lipinski definition) is 3. The molecule has 3 rings (SSSR count). The van der Waals surface area contributed by atoms with Gasteiger partial charge in [0.1, 0.15) is 5.58 Å². The molecule has 1 aromatic heterocycles. The number of benzene rings is 1. The Labute approximate surface area is 135 Å². The number of rotatable bonds is 5. The van der Waals surface area contributed by atoms with Crippen molar-refractivity contribution in [3.05, 3.63) is 36.1 Å². The molecular formula is C18H22N2O3. The Hall–Kier alpha value is -2.30. The second kappa shape index (κ2) is 7.31. The molecule has 0 spiro atoms. The molecule has 2 aromatic rings.